The van der Waals surface area contributed by atoms with Gasteiger partial charge in [0.15, 0.2) is 5.82 Å². The van der Waals surface area contributed by atoms with Gasteiger partial charge in [-0.25, -0.2) is 14.8 Å². The number of benzene rings is 1. The fourth-order valence-electron chi connectivity index (χ4n) is 8.76. The number of nitrogens with zero attached hydrogens (tertiary/aromatic N) is 8. The van der Waals surface area contributed by atoms with Crippen LogP contribution in [0.1, 0.15) is 73.3 Å². The van der Waals surface area contributed by atoms with Crippen molar-refractivity contribution in [2.75, 3.05) is 80.0 Å². The van der Waals surface area contributed by atoms with E-state index in [0.717, 1.165) is 36.4 Å². The van der Waals surface area contributed by atoms with E-state index in [9.17, 15) is 24.0 Å². The van der Waals surface area contributed by atoms with Gasteiger partial charge >= 0.3 is 12.0 Å². The molecule has 3 N–H and O–H groups in total. The lowest BCUT2D eigenvalue weighted by Gasteiger charge is -2.40. The number of anilines is 5. The zero-order valence-electron chi connectivity index (χ0n) is 33.7. The number of ether oxygens (including phenoxy) is 1. The first-order valence-electron chi connectivity index (χ1n) is 20.5. The first-order valence-corrected chi connectivity index (χ1v) is 20.5. The number of hydrogen-bond acceptors (Lipinski definition) is 12. The third-order valence-corrected chi connectivity index (χ3v) is 12.2. The van der Waals surface area contributed by atoms with Gasteiger partial charge in [-0.3, -0.25) is 24.5 Å². The average Bonchev–Trinajstić information content (AvgIpc) is 3.78. The van der Waals surface area contributed by atoms with Crippen LogP contribution in [0.5, 0.6) is 5.75 Å². The summed E-state index contributed by atoms with van der Waals surface area (Å²) in [5.41, 5.74) is 1.65. The van der Waals surface area contributed by atoms with Crippen molar-refractivity contribution in [3.05, 3.63) is 53.9 Å². The molecule has 318 valence electrons. The van der Waals surface area contributed by atoms with Crippen molar-refractivity contribution in [2.45, 2.75) is 75.3 Å². The summed E-state index contributed by atoms with van der Waals surface area (Å²) in [5.74, 6) is -4.80. The fraction of sp³-hybridized carbons (Fsp3) is 0.512. The van der Waals surface area contributed by atoms with E-state index in [-0.39, 0.29) is 59.7 Å². The fourth-order valence-corrected chi connectivity index (χ4v) is 8.76. The molecule has 19 heteroatoms. The summed E-state index contributed by atoms with van der Waals surface area (Å²) < 4.78 is 35.7. The summed E-state index contributed by atoms with van der Waals surface area (Å²) in [4.78, 5) is 85.5. The van der Waals surface area contributed by atoms with Crippen molar-refractivity contribution in [1.82, 2.24) is 35.4 Å². The van der Waals surface area contributed by atoms with E-state index in [0.29, 0.717) is 81.2 Å². The largest absolute Gasteiger partial charge is 0.495 e. The highest BCUT2D eigenvalue weighted by molar-refractivity contribution is 6.02. The van der Waals surface area contributed by atoms with Gasteiger partial charge in [-0.2, -0.15) is 13.8 Å². The molecule has 0 spiro atoms. The number of piperidine rings is 2. The van der Waals surface area contributed by atoms with Gasteiger partial charge in [-0.15, -0.1) is 0 Å². The van der Waals surface area contributed by atoms with Crippen LogP contribution < -0.4 is 35.4 Å². The van der Waals surface area contributed by atoms with Crippen LogP contribution in [0.3, 0.4) is 0 Å². The number of amides is 6. The summed E-state index contributed by atoms with van der Waals surface area (Å²) in [5, 5.41) is 8.59. The summed E-state index contributed by atoms with van der Waals surface area (Å²) in [6.45, 7) is 2.42. The highest BCUT2D eigenvalue weighted by Gasteiger charge is 2.49. The summed E-state index contributed by atoms with van der Waals surface area (Å²) >= 11 is 0. The van der Waals surface area contributed by atoms with Gasteiger partial charge in [0.1, 0.15) is 17.3 Å². The minimum atomic E-state index is -3.59. The van der Waals surface area contributed by atoms with E-state index in [1.165, 1.54) is 25.3 Å². The number of urea groups is 1. The van der Waals surface area contributed by atoms with Crippen molar-refractivity contribution in [3.63, 3.8) is 0 Å². The first kappa shape index (κ1) is 40.6. The van der Waals surface area contributed by atoms with Crippen molar-refractivity contribution in [2.24, 2.45) is 0 Å². The van der Waals surface area contributed by atoms with Crippen LogP contribution in [0.15, 0.2) is 42.6 Å². The van der Waals surface area contributed by atoms with Gasteiger partial charge in [0.05, 0.1) is 37.2 Å². The molecule has 6 heterocycles. The van der Waals surface area contributed by atoms with E-state index in [4.69, 9.17) is 9.72 Å². The number of pyridine rings is 1. The molecule has 1 atom stereocenters. The molecule has 17 nitrogen and oxygen atoms in total. The average molecular weight is 830 g/mol. The predicted octanol–water partition coefficient (Wildman–Crippen LogP) is 3.64. The number of halogens is 2. The topological polar surface area (TPSA) is 186 Å². The summed E-state index contributed by atoms with van der Waals surface area (Å²) in [6.07, 6.45) is 6.52. The molecule has 3 saturated heterocycles. The lowest BCUT2D eigenvalue weighted by molar-refractivity contribution is -0.140. The molecule has 4 aliphatic heterocycles. The minimum absolute atomic E-state index is 0.0411. The molecule has 0 radical (unpaired) electrons. The number of fused-ring (bicyclic) bond motifs is 1. The Morgan fingerprint density at radius 1 is 0.917 bits per heavy atom. The van der Waals surface area contributed by atoms with Crippen LogP contribution in [-0.2, 0) is 14.4 Å². The number of imide groups is 1. The Bertz CT molecular complexity index is 2150. The van der Waals surface area contributed by atoms with Crippen LogP contribution >= 0.6 is 0 Å². The van der Waals surface area contributed by atoms with Crippen LogP contribution in [0.2, 0.25) is 0 Å². The van der Waals surface area contributed by atoms with E-state index in [2.05, 4.69) is 30.8 Å². The SMILES string of the molecule is COc1cc(C(=O)NC2CCN(C(=O)N3CCN(c4cccc(C5CCC(=O)NC5=O)n4)CC3)CC2)ccc1Nc1ncc2c(n1)N(C1CCCC1)CC(F)(F)C(=O)N2C. The Morgan fingerprint density at radius 2 is 1.65 bits per heavy atom. The molecule has 5 aliphatic rings. The van der Waals surface area contributed by atoms with Crippen LogP contribution in [0.25, 0.3) is 0 Å². The predicted molar refractivity (Wildman–Crippen MR) is 217 cm³/mol. The molecular weight excluding hydrogens is 781 g/mol. The quantitative estimate of drug-likeness (QED) is 0.281. The second-order valence-electron chi connectivity index (χ2n) is 16.0. The Labute approximate surface area is 345 Å². The number of likely N-dealkylation sites (tertiary alicyclic amines) is 1. The molecule has 1 aliphatic carbocycles. The number of carbonyl (C=O) groups excluding carboxylic acids is 5. The third kappa shape index (κ3) is 8.34. The van der Waals surface area contributed by atoms with Gasteiger partial charge < -0.3 is 39.9 Å². The maximum Gasteiger partial charge on any atom is 0.342 e. The highest BCUT2D eigenvalue weighted by atomic mass is 19.3. The van der Waals surface area contributed by atoms with Gasteiger partial charge in [0.25, 0.3) is 11.8 Å². The number of methoxy groups -OCH3 is 1. The maximum atomic E-state index is 15.0. The molecule has 1 aromatic carbocycles. The molecule has 4 fully saturated rings. The van der Waals surface area contributed by atoms with Crippen molar-refractivity contribution in [1.29, 1.82) is 0 Å². The lowest BCUT2D eigenvalue weighted by atomic mass is 9.94. The molecule has 1 saturated carbocycles. The molecule has 3 aromatic rings. The van der Waals surface area contributed by atoms with E-state index in [1.807, 2.05) is 21.9 Å². The van der Waals surface area contributed by atoms with E-state index >= 15 is 8.78 Å². The highest BCUT2D eigenvalue weighted by Crippen LogP contribution is 2.40. The van der Waals surface area contributed by atoms with Gasteiger partial charge in [-0.05, 0) is 62.4 Å². The third-order valence-electron chi connectivity index (χ3n) is 12.2. The minimum Gasteiger partial charge on any atom is -0.495 e. The summed E-state index contributed by atoms with van der Waals surface area (Å²) in [7, 11) is 2.77. The Hall–Kier alpha value is -6.14. The lowest BCUT2D eigenvalue weighted by Crippen LogP contribution is -2.55. The molecule has 2 aromatic heterocycles. The second-order valence-corrected chi connectivity index (χ2v) is 16.0. The summed E-state index contributed by atoms with van der Waals surface area (Å²) in [6, 6.07) is 10.1. The maximum absolute atomic E-state index is 15.0. The van der Waals surface area contributed by atoms with Gasteiger partial charge in [0.2, 0.25) is 17.8 Å². The second kappa shape index (κ2) is 16.8. The number of alkyl halides is 2. The zero-order chi connectivity index (χ0) is 42.1. The van der Waals surface area contributed by atoms with Gasteiger partial charge in [-0.1, -0.05) is 18.9 Å². The number of aromatic nitrogens is 3. The molecule has 1 unspecified atom stereocenters. The standard InChI is InChI=1S/C41H49F2N11O6/c1-50-31-23-44-39(49-35(31)54(27-6-3-4-7-27)24-41(42,43)38(50)58)47-30-12-10-25(22-32(30)60-2)36(56)45-26-14-16-52(17-15-26)40(59)53-20-18-51(19-21-53)33-9-5-8-29(46-33)28-11-13-34(55)48-37(28)57/h5,8-10,12,22-23,26-28H,3-4,6-7,11,13-21,24H2,1-2H3,(H,45,56)(H,44,47,49)(H,48,55,57). The van der Waals surface area contributed by atoms with Crippen LogP contribution in [0, 0.1) is 0 Å². The molecule has 6 amide bonds. The monoisotopic (exact) mass is 829 g/mol. The van der Waals surface area contributed by atoms with Crippen LogP contribution in [-0.4, -0.2) is 132 Å². The van der Waals surface area contributed by atoms with Crippen molar-refractivity contribution in [3.8, 4) is 5.75 Å². The van der Waals surface area contributed by atoms with Crippen LogP contribution in [0.4, 0.5) is 42.5 Å². The van der Waals surface area contributed by atoms with E-state index < -0.39 is 24.3 Å². The number of carbonyl (C=O) groups is 5. The zero-order valence-corrected chi connectivity index (χ0v) is 33.7. The Morgan fingerprint density at radius 3 is 2.37 bits per heavy atom. The van der Waals surface area contributed by atoms with E-state index in [1.54, 1.807) is 24.3 Å². The van der Waals surface area contributed by atoms with Crippen molar-refractivity contribution < 1.29 is 37.5 Å². The molecule has 60 heavy (non-hydrogen) atoms. The number of nitrogens with one attached hydrogen (secondary N) is 3. The smallest absolute Gasteiger partial charge is 0.342 e. The Balaban J connectivity index is 0.841. The van der Waals surface area contributed by atoms with Crippen molar-refractivity contribution >= 4 is 58.6 Å². The molecule has 0 bridgehead atoms. The Kier molecular flexibility index (Phi) is 11.4. The molecule has 8 rings (SSSR count). The normalized spacial score (nSPS) is 21.4. The molecular formula is C41H49F2N11O6. The first-order chi connectivity index (χ1) is 28.9. The van der Waals surface area contributed by atoms with Gasteiger partial charge in [0, 0.05) is 70.4 Å². The number of hydrogen-bond donors (Lipinski definition) is 3. The number of rotatable bonds is 8. The number of piperazine rings is 1.